The Labute approximate surface area is 196 Å². The second kappa shape index (κ2) is 12.1. The summed E-state index contributed by atoms with van der Waals surface area (Å²) in [4.78, 5) is 28.6. The number of nitrogens with zero attached hydrogens (tertiary/aromatic N) is 2. The molecule has 0 aliphatic heterocycles. The van der Waals surface area contributed by atoms with Crippen molar-refractivity contribution in [2.24, 2.45) is 11.8 Å². The Hall–Kier alpha value is -2.28. The third kappa shape index (κ3) is 6.61. The number of carbonyl (C=O) groups is 2. The van der Waals surface area contributed by atoms with Crippen LogP contribution in [0.2, 0.25) is 0 Å². The summed E-state index contributed by atoms with van der Waals surface area (Å²) >= 11 is 4.44. The molecule has 6 nitrogen and oxygen atoms in total. The number of carboxylic acid groups (broad SMARTS) is 1. The van der Waals surface area contributed by atoms with E-state index in [1.54, 1.807) is 12.1 Å². The molecular formula is C25H35N3O3S. The highest BCUT2D eigenvalue weighted by Gasteiger charge is 2.24. The Morgan fingerprint density at radius 3 is 2.59 bits per heavy atom. The lowest BCUT2D eigenvalue weighted by Gasteiger charge is -2.19. The molecule has 1 saturated carbocycles. The van der Waals surface area contributed by atoms with E-state index in [0.717, 1.165) is 42.8 Å². The summed E-state index contributed by atoms with van der Waals surface area (Å²) in [6.07, 6.45) is 10.8. The smallest absolute Gasteiger partial charge is 0.335 e. The van der Waals surface area contributed by atoms with Gasteiger partial charge in [-0.15, -0.1) is 0 Å². The van der Waals surface area contributed by atoms with Crippen LogP contribution in [0.1, 0.15) is 79.3 Å². The minimum absolute atomic E-state index is 0.0547. The van der Waals surface area contributed by atoms with E-state index in [9.17, 15) is 9.59 Å². The number of benzene rings is 1. The van der Waals surface area contributed by atoms with Crippen molar-refractivity contribution in [1.82, 2.24) is 14.9 Å². The van der Waals surface area contributed by atoms with Gasteiger partial charge < -0.3 is 15.0 Å². The lowest BCUT2D eigenvalue weighted by molar-refractivity contribution is -0.125. The largest absolute Gasteiger partial charge is 0.478 e. The Bertz CT molecular complexity index is 888. The van der Waals surface area contributed by atoms with Crippen molar-refractivity contribution in [3.63, 3.8) is 0 Å². The molecule has 0 bridgehead atoms. The van der Waals surface area contributed by atoms with Crippen molar-refractivity contribution < 1.29 is 14.7 Å². The molecule has 1 unspecified atom stereocenters. The monoisotopic (exact) mass is 457 g/mol. The predicted molar refractivity (Wildman–Crippen MR) is 129 cm³/mol. The fourth-order valence-corrected chi connectivity index (χ4v) is 4.81. The van der Waals surface area contributed by atoms with E-state index in [2.05, 4.69) is 34.4 Å². The van der Waals surface area contributed by atoms with Gasteiger partial charge in [0.1, 0.15) is 5.82 Å². The number of nitrogens with one attached hydrogen (secondary N) is 1. The lowest BCUT2D eigenvalue weighted by Crippen LogP contribution is -2.33. The number of hydrogen-bond donors (Lipinski definition) is 3. The molecule has 1 amide bonds. The average Bonchev–Trinajstić information content (AvgIpc) is 3.44. The minimum atomic E-state index is -0.928. The van der Waals surface area contributed by atoms with Gasteiger partial charge in [0, 0.05) is 24.6 Å². The Balaban J connectivity index is 1.68. The van der Waals surface area contributed by atoms with E-state index in [-0.39, 0.29) is 17.4 Å². The van der Waals surface area contributed by atoms with Crippen LogP contribution in [0, 0.1) is 11.8 Å². The lowest BCUT2D eigenvalue weighted by atomic mass is 9.94. The molecule has 0 saturated heterocycles. The summed E-state index contributed by atoms with van der Waals surface area (Å²) in [7, 11) is 0. The first-order valence-electron chi connectivity index (χ1n) is 11.8. The van der Waals surface area contributed by atoms with Crippen LogP contribution in [-0.2, 0) is 24.3 Å². The molecular weight excluding hydrogens is 422 g/mol. The van der Waals surface area contributed by atoms with Gasteiger partial charge >= 0.3 is 5.97 Å². The van der Waals surface area contributed by atoms with Crippen LogP contribution in [-0.4, -0.2) is 32.3 Å². The number of rotatable bonds is 12. The summed E-state index contributed by atoms with van der Waals surface area (Å²) in [6.45, 7) is 3.18. The van der Waals surface area contributed by atoms with Crippen LogP contribution >= 0.6 is 12.6 Å². The molecule has 1 atom stereocenters. The summed E-state index contributed by atoms with van der Waals surface area (Å²) in [5.74, 6) is 1.30. The van der Waals surface area contributed by atoms with Gasteiger partial charge in [-0.1, -0.05) is 51.2 Å². The topological polar surface area (TPSA) is 84.2 Å². The van der Waals surface area contributed by atoms with Gasteiger partial charge in [-0.05, 0) is 36.5 Å². The fraction of sp³-hybridized carbons (Fsp3) is 0.560. The predicted octanol–water partition coefficient (Wildman–Crippen LogP) is 4.71. The molecule has 1 aliphatic rings. The Morgan fingerprint density at radius 2 is 1.97 bits per heavy atom. The molecule has 0 radical (unpaired) electrons. The van der Waals surface area contributed by atoms with Gasteiger partial charge in [0.25, 0.3) is 0 Å². The van der Waals surface area contributed by atoms with Crippen LogP contribution in [0.4, 0.5) is 0 Å². The van der Waals surface area contributed by atoms with Crippen molar-refractivity contribution in [1.29, 1.82) is 0 Å². The second-order valence-corrected chi connectivity index (χ2v) is 9.21. The zero-order valence-electron chi connectivity index (χ0n) is 18.9. The second-order valence-electron chi connectivity index (χ2n) is 8.84. The number of carbonyl (C=O) groups excluding carboxylic acids is 1. The third-order valence-electron chi connectivity index (χ3n) is 6.44. The van der Waals surface area contributed by atoms with Crippen LogP contribution in [0.15, 0.2) is 30.5 Å². The van der Waals surface area contributed by atoms with Crippen LogP contribution in [0.3, 0.4) is 0 Å². The maximum Gasteiger partial charge on any atom is 0.335 e. The van der Waals surface area contributed by atoms with Crippen molar-refractivity contribution >= 4 is 24.5 Å². The molecule has 1 heterocycles. The first kappa shape index (κ1) is 24.4. The number of unbranched alkanes of at least 4 members (excludes halogenated alkanes) is 1. The van der Waals surface area contributed by atoms with Gasteiger partial charge in [-0.25, -0.2) is 9.78 Å². The maximum atomic E-state index is 12.8. The van der Waals surface area contributed by atoms with Crippen molar-refractivity contribution in [2.75, 3.05) is 5.75 Å². The molecule has 1 aromatic heterocycles. The van der Waals surface area contributed by atoms with E-state index in [0.29, 0.717) is 24.8 Å². The first-order valence-corrected chi connectivity index (χ1v) is 12.4. The molecule has 7 heteroatoms. The van der Waals surface area contributed by atoms with Gasteiger partial charge in [-0.2, -0.15) is 12.6 Å². The number of imidazole rings is 1. The SMILES string of the molecule is CCCCc1ncc(CNC(=O)C(CS)CC2CCCC2)n1Cc1ccc(C(=O)O)cc1. The number of amides is 1. The number of aromatic nitrogens is 2. The van der Waals surface area contributed by atoms with E-state index >= 15 is 0 Å². The summed E-state index contributed by atoms with van der Waals surface area (Å²) in [5, 5.41) is 12.3. The van der Waals surface area contributed by atoms with E-state index in [1.807, 2.05) is 18.3 Å². The van der Waals surface area contributed by atoms with Crippen molar-refractivity contribution in [2.45, 2.75) is 71.4 Å². The van der Waals surface area contributed by atoms with E-state index < -0.39 is 5.97 Å². The highest BCUT2D eigenvalue weighted by atomic mass is 32.1. The van der Waals surface area contributed by atoms with Gasteiger partial charge in [0.05, 0.1) is 24.0 Å². The fourth-order valence-electron chi connectivity index (χ4n) is 4.49. The molecule has 174 valence electrons. The highest BCUT2D eigenvalue weighted by molar-refractivity contribution is 7.80. The number of thiol groups is 1. The molecule has 32 heavy (non-hydrogen) atoms. The zero-order valence-corrected chi connectivity index (χ0v) is 19.8. The number of hydrogen-bond acceptors (Lipinski definition) is 4. The number of carboxylic acids is 1. The summed E-state index contributed by atoms with van der Waals surface area (Å²) in [6, 6.07) is 6.94. The molecule has 2 aromatic rings. The minimum Gasteiger partial charge on any atom is -0.478 e. The normalized spacial score (nSPS) is 15.1. The number of aromatic carboxylic acids is 1. The number of aryl methyl sites for hydroxylation is 1. The van der Waals surface area contributed by atoms with Crippen LogP contribution < -0.4 is 5.32 Å². The highest BCUT2D eigenvalue weighted by Crippen LogP contribution is 2.30. The zero-order chi connectivity index (χ0) is 22.9. The first-order chi connectivity index (χ1) is 15.5. The van der Waals surface area contributed by atoms with Gasteiger partial charge in [0.2, 0.25) is 5.91 Å². The quantitative estimate of drug-likeness (QED) is 0.403. The van der Waals surface area contributed by atoms with Crippen LogP contribution in [0.25, 0.3) is 0 Å². The van der Waals surface area contributed by atoms with Gasteiger partial charge in [-0.3, -0.25) is 4.79 Å². The van der Waals surface area contributed by atoms with Crippen LogP contribution in [0.5, 0.6) is 0 Å². The summed E-state index contributed by atoms with van der Waals surface area (Å²) in [5.41, 5.74) is 2.25. The summed E-state index contributed by atoms with van der Waals surface area (Å²) < 4.78 is 2.15. The Kier molecular flexibility index (Phi) is 9.21. The average molecular weight is 458 g/mol. The molecule has 1 fully saturated rings. The maximum absolute atomic E-state index is 12.8. The van der Waals surface area contributed by atoms with Crippen molar-refractivity contribution in [3.8, 4) is 0 Å². The molecule has 1 aliphatic carbocycles. The standard InChI is InChI=1S/C25H35N3O3S/c1-2-3-8-23-26-14-22(28(23)16-19-9-11-20(12-10-19)25(30)31)15-27-24(29)21(17-32)13-18-6-4-5-7-18/h9-12,14,18,21,32H,2-8,13,15-17H2,1H3,(H,27,29)(H,30,31). The van der Waals surface area contributed by atoms with Gasteiger partial charge in [0.15, 0.2) is 0 Å². The molecule has 2 N–H and O–H groups in total. The molecule has 1 aromatic carbocycles. The Morgan fingerprint density at radius 1 is 1.25 bits per heavy atom. The van der Waals surface area contributed by atoms with E-state index in [1.165, 1.54) is 25.7 Å². The third-order valence-corrected chi connectivity index (χ3v) is 6.88. The van der Waals surface area contributed by atoms with E-state index in [4.69, 9.17) is 5.11 Å². The molecule has 0 spiro atoms. The molecule has 3 rings (SSSR count). The van der Waals surface area contributed by atoms with Crippen molar-refractivity contribution in [3.05, 3.63) is 53.1 Å².